The number of carbonyl (C=O) groups is 1. The minimum Gasteiger partial charge on any atom is -0.493 e. The van der Waals surface area contributed by atoms with Crippen LogP contribution in [0, 0.1) is 0 Å². The van der Waals surface area contributed by atoms with E-state index in [0.29, 0.717) is 34.7 Å². The predicted octanol–water partition coefficient (Wildman–Crippen LogP) is 0.346. The summed E-state index contributed by atoms with van der Waals surface area (Å²) in [6.07, 6.45) is 0.221. The lowest BCUT2D eigenvalue weighted by atomic mass is 10.2. The number of nitrogens with two attached hydrogens (primary N) is 1. The number of rotatable bonds is 9. The van der Waals surface area contributed by atoms with Gasteiger partial charge in [0, 0.05) is 12.6 Å². The zero-order chi connectivity index (χ0) is 19.2. The average Bonchev–Trinajstić information content (AvgIpc) is 2.59. The van der Waals surface area contributed by atoms with Gasteiger partial charge in [-0.2, -0.15) is 13.1 Å². The Labute approximate surface area is 149 Å². The number of hydrogen-bond acceptors (Lipinski definition) is 9. The van der Waals surface area contributed by atoms with E-state index >= 15 is 0 Å². The summed E-state index contributed by atoms with van der Waals surface area (Å²) in [6, 6.07) is 3.38. The molecule has 1 amide bonds. The first kappa shape index (κ1) is 19.5. The van der Waals surface area contributed by atoms with Gasteiger partial charge in [-0.3, -0.25) is 0 Å². The summed E-state index contributed by atoms with van der Waals surface area (Å²) in [5.41, 5.74) is 5.24. The second-order valence-electron chi connectivity index (χ2n) is 4.86. The fourth-order valence-electron chi connectivity index (χ4n) is 2.05. The maximum Gasteiger partial charge on any atom is 0.421 e. The molecular formula is C14H18N4O7S. The molecule has 11 nitrogen and oxygen atoms in total. The van der Waals surface area contributed by atoms with Crippen LogP contribution in [0.4, 0.5) is 4.79 Å². The van der Waals surface area contributed by atoms with Crippen molar-refractivity contribution in [3.8, 4) is 17.4 Å². The molecule has 1 heterocycles. The second kappa shape index (κ2) is 8.49. The van der Waals surface area contributed by atoms with Crippen molar-refractivity contribution >= 4 is 27.3 Å². The molecule has 0 aliphatic carbocycles. The van der Waals surface area contributed by atoms with Crippen molar-refractivity contribution in [2.24, 2.45) is 5.73 Å². The third-order valence-electron chi connectivity index (χ3n) is 3.13. The quantitative estimate of drug-likeness (QED) is 0.581. The lowest BCUT2D eigenvalue weighted by Gasteiger charge is -2.11. The van der Waals surface area contributed by atoms with E-state index in [4.69, 9.17) is 14.2 Å². The highest BCUT2D eigenvalue weighted by Crippen LogP contribution is 2.34. The number of carbonyl (C=O) groups excluding carboxylic acids is 1. The van der Waals surface area contributed by atoms with Gasteiger partial charge in [-0.05, 0) is 12.5 Å². The molecule has 0 spiro atoms. The highest BCUT2D eigenvalue weighted by atomic mass is 32.2. The molecule has 0 saturated carbocycles. The normalized spacial score (nSPS) is 11.2. The summed E-state index contributed by atoms with van der Waals surface area (Å²) in [6.45, 7) is 0.134. The van der Waals surface area contributed by atoms with Crippen LogP contribution in [0.25, 0.3) is 10.9 Å². The Morgan fingerprint density at radius 1 is 1.19 bits per heavy atom. The summed E-state index contributed by atoms with van der Waals surface area (Å²) >= 11 is 0. The van der Waals surface area contributed by atoms with Crippen LogP contribution in [-0.2, 0) is 14.5 Å². The maximum atomic E-state index is 11.3. The van der Waals surface area contributed by atoms with Gasteiger partial charge in [-0.15, -0.1) is 0 Å². The molecule has 0 unspecified atom stereocenters. The minimum absolute atomic E-state index is 0.0181. The smallest absolute Gasteiger partial charge is 0.421 e. The van der Waals surface area contributed by atoms with Crippen LogP contribution in [0.5, 0.6) is 17.4 Å². The molecule has 2 rings (SSSR count). The van der Waals surface area contributed by atoms with Gasteiger partial charge in [0.1, 0.15) is 6.33 Å². The Bertz CT molecular complexity index is 888. The molecule has 2 aromatic rings. The molecule has 0 fully saturated rings. The lowest BCUT2D eigenvalue weighted by Crippen LogP contribution is -2.31. The summed E-state index contributed by atoms with van der Waals surface area (Å²) in [5, 5.41) is 0.614. The standard InChI is InChI=1S/C14H18N4O7S/c1-22-11-6-9-10(7-12(11)23-2)16-8-17-13(9)24-5-3-4-18-26(20,21)25-14(15)19/h6-8,18H,3-5H2,1-2H3,(H2,15,19). The molecule has 142 valence electrons. The van der Waals surface area contributed by atoms with Crippen molar-refractivity contribution in [2.45, 2.75) is 6.42 Å². The van der Waals surface area contributed by atoms with Crippen LogP contribution in [0.15, 0.2) is 18.5 Å². The third kappa shape index (κ3) is 5.07. The number of hydrogen-bond donors (Lipinski definition) is 2. The highest BCUT2D eigenvalue weighted by molar-refractivity contribution is 7.85. The summed E-state index contributed by atoms with van der Waals surface area (Å²) in [5.74, 6) is 1.33. The molecule has 1 aromatic heterocycles. The largest absolute Gasteiger partial charge is 0.493 e. The topological polar surface area (TPSA) is 152 Å². The summed E-state index contributed by atoms with van der Waals surface area (Å²) in [7, 11) is -1.19. The summed E-state index contributed by atoms with van der Waals surface area (Å²) < 4.78 is 44.5. The Hall–Kier alpha value is -2.86. The SMILES string of the molecule is COc1cc2ncnc(OCCCNS(=O)(=O)OC(N)=O)c2cc1OC. The molecule has 0 radical (unpaired) electrons. The monoisotopic (exact) mass is 386 g/mol. The molecular weight excluding hydrogens is 368 g/mol. The third-order valence-corrected chi connectivity index (χ3v) is 4.08. The first-order chi connectivity index (χ1) is 12.4. The number of nitrogens with one attached hydrogen (secondary N) is 1. The van der Waals surface area contributed by atoms with E-state index in [1.807, 2.05) is 4.72 Å². The minimum atomic E-state index is -4.21. The van der Waals surface area contributed by atoms with Crippen molar-refractivity contribution in [3.63, 3.8) is 0 Å². The van der Waals surface area contributed by atoms with Crippen molar-refractivity contribution in [3.05, 3.63) is 18.5 Å². The van der Waals surface area contributed by atoms with Crippen molar-refractivity contribution < 1.29 is 31.6 Å². The van der Waals surface area contributed by atoms with Crippen LogP contribution < -0.4 is 24.7 Å². The maximum absolute atomic E-state index is 11.3. The Morgan fingerprint density at radius 3 is 2.54 bits per heavy atom. The van der Waals surface area contributed by atoms with Crippen molar-refractivity contribution in [1.82, 2.24) is 14.7 Å². The first-order valence-electron chi connectivity index (χ1n) is 7.34. The van der Waals surface area contributed by atoms with Gasteiger partial charge in [0.25, 0.3) is 0 Å². The van der Waals surface area contributed by atoms with Gasteiger partial charge in [0.15, 0.2) is 11.5 Å². The Balaban J connectivity index is 2.00. The first-order valence-corrected chi connectivity index (χ1v) is 8.75. The van der Waals surface area contributed by atoms with Gasteiger partial charge >= 0.3 is 16.4 Å². The fraction of sp³-hybridized carbons (Fsp3) is 0.357. The average molecular weight is 386 g/mol. The van der Waals surface area contributed by atoms with Crippen LogP contribution in [0.2, 0.25) is 0 Å². The molecule has 0 saturated heterocycles. The Kier molecular flexibility index (Phi) is 6.36. The van der Waals surface area contributed by atoms with E-state index in [1.165, 1.54) is 20.5 Å². The number of methoxy groups -OCH3 is 2. The van der Waals surface area contributed by atoms with Crippen LogP contribution in [0.1, 0.15) is 6.42 Å². The van der Waals surface area contributed by atoms with Crippen LogP contribution in [-0.4, -0.2) is 51.9 Å². The van der Waals surface area contributed by atoms with Crippen molar-refractivity contribution in [2.75, 3.05) is 27.4 Å². The van der Waals surface area contributed by atoms with E-state index < -0.39 is 16.4 Å². The van der Waals surface area contributed by atoms with Gasteiger partial charge in [-0.1, -0.05) is 0 Å². The van der Waals surface area contributed by atoms with Gasteiger partial charge in [0.2, 0.25) is 5.88 Å². The van der Waals surface area contributed by atoms with E-state index in [1.54, 1.807) is 12.1 Å². The number of primary amides is 1. The number of aromatic nitrogens is 2. The van der Waals surface area contributed by atoms with Crippen LogP contribution in [0.3, 0.4) is 0 Å². The zero-order valence-electron chi connectivity index (χ0n) is 14.1. The Morgan fingerprint density at radius 2 is 1.88 bits per heavy atom. The van der Waals surface area contributed by atoms with E-state index in [9.17, 15) is 13.2 Å². The second-order valence-corrected chi connectivity index (χ2v) is 6.22. The van der Waals surface area contributed by atoms with E-state index in [2.05, 4.69) is 19.9 Å². The molecule has 12 heteroatoms. The number of fused-ring (bicyclic) bond motifs is 1. The van der Waals surface area contributed by atoms with Gasteiger partial charge < -0.3 is 24.1 Å². The van der Waals surface area contributed by atoms with Crippen LogP contribution >= 0.6 is 0 Å². The highest BCUT2D eigenvalue weighted by Gasteiger charge is 2.14. The van der Waals surface area contributed by atoms with Gasteiger partial charge in [0.05, 0.1) is 31.7 Å². The molecule has 0 bridgehead atoms. The number of nitrogens with zero attached hydrogens (tertiary/aromatic N) is 2. The molecule has 0 aliphatic rings. The molecule has 3 N–H and O–H groups in total. The zero-order valence-corrected chi connectivity index (χ0v) is 14.9. The van der Waals surface area contributed by atoms with Crippen molar-refractivity contribution in [1.29, 1.82) is 0 Å². The number of amides is 1. The number of ether oxygens (including phenoxy) is 3. The predicted molar refractivity (Wildman–Crippen MR) is 90.3 cm³/mol. The van der Waals surface area contributed by atoms with E-state index in [-0.39, 0.29) is 13.2 Å². The lowest BCUT2D eigenvalue weighted by molar-refractivity contribution is 0.212. The summed E-state index contributed by atoms with van der Waals surface area (Å²) in [4.78, 5) is 18.7. The molecule has 26 heavy (non-hydrogen) atoms. The molecule has 0 aliphatic heterocycles. The van der Waals surface area contributed by atoms with Gasteiger partial charge in [-0.25, -0.2) is 14.8 Å². The number of benzene rings is 1. The fourth-order valence-corrected chi connectivity index (χ4v) is 2.72. The molecule has 0 atom stereocenters. The molecule has 1 aromatic carbocycles. The van der Waals surface area contributed by atoms with E-state index in [0.717, 1.165) is 0 Å².